The summed E-state index contributed by atoms with van der Waals surface area (Å²) in [5, 5.41) is 13.8. The van der Waals surface area contributed by atoms with Crippen LogP contribution in [0.5, 0.6) is 11.5 Å². The number of nitrogens with one attached hydrogen (secondary N) is 2. The molecular formula is C36H50F2N4O10S2. The Balaban J connectivity index is 0.000000291. The highest BCUT2D eigenvalue weighted by Crippen LogP contribution is 2.26. The number of unbranched alkanes of at least 4 members (excludes halogenated alkanes) is 4. The van der Waals surface area contributed by atoms with Crippen LogP contribution in [0, 0.1) is 11.6 Å². The number of amides is 6. The Morgan fingerprint density at radius 2 is 1.15 bits per heavy atom. The van der Waals surface area contributed by atoms with Gasteiger partial charge < -0.3 is 19.6 Å². The summed E-state index contributed by atoms with van der Waals surface area (Å²) in [5.74, 6) is -2.84. The van der Waals surface area contributed by atoms with E-state index in [4.69, 9.17) is 4.74 Å². The molecule has 0 radical (unpaired) electrons. The third-order valence-corrected chi connectivity index (χ3v) is 12.7. The van der Waals surface area contributed by atoms with E-state index in [1.165, 1.54) is 28.0 Å². The number of rotatable bonds is 20. The van der Waals surface area contributed by atoms with Gasteiger partial charge in [-0.1, -0.05) is 38.8 Å². The third kappa shape index (κ3) is 14.5. The van der Waals surface area contributed by atoms with Crippen molar-refractivity contribution in [1.82, 2.24) is 20.4 Å². The lowest BCUT2D eigenvalue weighted by atomic mass is 10.0. The summed E-state index contributed by atoms with van der Waals surface area (Å²) in [6.07, 6.45) is 3.50. The average Bonchev–Trinajstić information content (AvgIpc) is 3.59. The topological polar surface area (TPSA) is 197 Å². The standard InChI is InChI=1S/C19H27FN2O5S.C17H23FN2O5S/c1-3-27-17-11-15(7-8-16(17)20)14(2)13-28(25,26)10-6-4-5-9-22-12-18(23)21-19(22)24;1-12(13-5-6-14(18)15(21)9-13)11-26(24,25)8-4-2-3-7-20-10-16(22)19-17(20)23/h7-8,11,14H,3-6,9-10,12-13H2,1-2H3,(H,21,23,24);5-6,9,12,21H,2-4,7-8,10-11H2,1H3,(H,19,22,23)/t14-;12-/m00/s1. The molecule has 2 aromatic carbocycles. The first-order valence-corrected chi connectivity index (χ1v) is 21.5. The summed E-state index contributed by atoms with van der Waals surface area (Å²) < 4.78 is 81.2. The number of urea groups is 2. The molecule has 2 saturated heterocycles. The number of carbonyl (C=O) groups is 4. The zero-order chi connectivity index (χ0) is 40.1. The van der Waals surface area contributed by atoms with Gasteiger partial charge in [0.1, 0.15) is 13.1 Å². The quantitative estimate of drug-likeness (QED) is 0.129. The maximum atomic E-state index is 13.7. The van der Waals surface area contributed by atoms with Crippen LogP contribution in [0.25, 0.3) is 0 Å². The normalized spacial score (nSPS) is 15.8. The van der Waals surface area contributed by atoms with Gasteiger partial charge >= 0.3 is 12.1 Å². The van der Waals surface area contributed by atoms with E-state index >= 15 is 0 Å². The van der Waals surface area contributed by atoms with Gasteiger partial charge in [-0.25, -0.2) is 35.2 Å². The molecule has 0 aliphatic carbocycles. The molecule has 0 unspecified atom stereocenters. The number of benzene rings is 2. The molecule has 54 heavy (non-hydrogen) atoms. The highest BCUT2D eigenvalue weighted by atomic mass is 32.2. The first-order chi connectivity index (χ1) is 25.4. The van der Waals surface area contributed by atoms with Crippen LogP contribution in [0.2, 0.25) is 0 Å². The Kier molecular flexibility index (Phi) is 16.6. The lowest BCUT2D eigenvalue weighted by Crippen LogP contribution is -2.29. The Morgan fingerprint density at radius 3 is 1.56 bits per heavy atom. The first kappa shape index (κ1) is 44.1. The molecule has 2 atom stereocenters. The number of sulfone groups is 2. The number of phenolic OH excluding ortho intramolecular Hbond substituents is 1. The number of imide groups is 2. The monoisotopic (exact) mass is 800 g/mol. The smallest absolute Gasteiger partial charge is 0.324 e. The van der Waals surface area contributed by atoms with Crippen molar-refractivity contribution < 1.29 is 54.6 Å². The predicted octanol–water partition coefficient (Wildman–Crippen LogP) is 4.24. The van der Waals surface area contributed by atoms with Crippen LogP contribution in [0.3, 0.4) is 0 Å². The van der Waals surface area contributed by atoms with Crippen molar-refractivity contribution in [1.29, 1.82) is 0 Å². The van der Waals surface area contributed by atoms with Crippen LogP contribution in [0.1, 0.15) is 82.3 Å². The second-order valence-corrected chi connectivity index (χ2v) is 18.0. The van der Waals surface area contributed by atoms with Crippen molar-refractivity contribution >= 4 is 43.6 Å². The summed E-state index contributed by atoms with van der Waals surface area (Å²) in [5.41, 5.74) is 1.29. The van der Waals surface area contributed by atoms with Gasteiger partial charge in [-0.3, -0.25) is 20.2 Å². The first-order valence-electron chi connectivity index (χ1n) is 17.9. The second-order valence-electron chi connectivity index (χ2n) is 13.5. The number of hydrogen-bond donors (Lipinski definition) is 3. The van der Waals surface area contributed by atoms with Gasteiger partial charge in [-0.15, -0.1) is 0 Å². The predicted molar refractivity (Wildman–Crippen MR) is 198 cm³/mol. The van der Waals surface area contributed by atoms with Crippen molar-refractivity contribution in [2.24, 2.45) is 0 Å². The lowest BCUT2D eigenvalue weighted by Gasteiger charge is -2.15. The van der Waals surface area contributed by atoms with Crippen LogP contribution in [0.15, 0.2) is 36.4 Å². The van der Waals surface area contributed by atoms with E-state index in [9.17, 15) is 49.9 Å². The molecule has 0 aromatic heterocycles. The fourth-order valence-electron chi connectivity index (χ4n) is 5.98. The number of carbonyl (C=O) groups excluding carboxylic acids is 4. The van der Waals surface area contributed by atoms with Crippen LogP contribution in [-0.2, 0) is 29.3 Å². The number of hydrogen-bond acceptors (Lipinski definition) is 10. The molecular weight excluding hydrogens is 751 g/mol. The van der Waals surface area contributed by atoms with Crippen LogP contribution < -0.4 is 15.4 Å². The minimum Gasteiger partial charge on any atom is -0.505 e. The van der Waals surface area contributed by atoms with Gasteiger partial charge in [0.15, 0.2) is 42.8 Å². The van der Waals surface area contributed by atoms with Crippen molar-refractivity contribution in [3.63, 3.8) is 0 Å². The van der Waals surface area contributed by atoms with Gasteiger partial charge in [-0.05, 0) is 79.8 Å². The molecule has 14 nitrogen and oxygen atoms in total. The zero-order valence-electron chi connectivity index (χ0n) is 30.8. The highest BCUT2D eigenvalue weighted by Gasteiger charge is 2.27. The van der Waals surface area contributed by atoms with E-state index in [0.717, 1.165) is 11.6 Å². The van der Waals surface area contributed by atoms with Crippen molar-refractivity contribution in [2.45, 2.75) is 71.1 Å². The Labute approximate surface area is 315 Å². The van der Waals surface area contributed by atoms with Crippen molar-refractivity contribution in [3.05, 3.63) is 59.2 Å². The minimum atomic E-state index is -3.29. The summed E-state index contributed by atoms with van der Waals surface area (Å²) in [7, 11) is -6.56. The average molecular weight is 801 g/mol. The second kappa shape index (κ2) is 20.4. The van der Waals surface area contributed by atoms with Crippen molar-refractivity contribution in [3.8, 4) is 11.5 Å². The van der Waals surface area contributed by atoms with E-state index in [-0.39, 0.29) is 65.5 Å². The van der Waals surface area contributed by atoms with E-state index in [0.29, 0.717) is 63.8 Å². The molecule has 2 fully saturated rings. The zero-order valence-corrected chi connectivity index (χ0v) is 32.4. The maximum absolute atomic E-state index is 13.7. The maximum Gasteiger partial charge on any atom is 0.324 e. The van der Waals surface area contributed by atoms with Gasteiger partial charge in [0.05, 0.1) is 29.6 Å². The fraction of sp³-hybridized carbons (Fsp3) is 0.556. The SMILES string of the molecule is CCOc1cc([C@@H](C)CS(=O)(=O)CCCCCN2CC(=O)NC2=O)ccc1F.C[C@@H](CS(=O)(=O)CCCCCN1CC(=O)NC1=O)c1ccc(F)c(O)c1. The van der Waals surface area contributed by atoms with Crippen molar-refractivity contribution in [2.75, 3.05) is 55.8 Å². The number of nitrogens with zero attached hydrogens (tertiary/aromatic N) is 2. The fourth-order valence-corrected chi connectivity index (χ4v) is 9.51. The van der Waals surface area contributed by atoms with Crippen LogP contribution >= 0.6 is 0 Å². The highest BCUT2D eigenvalue weighted by molar-refractivity contribution is 7.91. The number of ether oxygens (including phenoxy) is 1. The summed E-state index contributed by atoms with van der Waals surface area (Å²) in [4.78, 5) is 47.8. The summed E-state index contributed by atoms with van der Waals surface area (Å²) in [6, 6.07) is 7.48. The van der Waals surface area contributed by atoms with Gasteiger partial charge in [-0.2, -0.15) is 0 Å². The lowest BCUT2D eigenvalue weighted by molar-refractivity contribution is -0.119. The van der Waals surface area contributed by atoms with Gasteiger partial charge in [0.25, 0.3) is 0 Å². The molecule has 2 heterocycles. The molecule has 6 amide bonds. The summed E-state index contributed by atoms with van der Waals surface area (Å²) >= 11 is 0. The molecule has 2 aliphatic heterocycles. The Morgan fingerprint density at radius 1 is 0.704 bits per heavy atom. The number of aromatic hydroxyl groups is 1. The molecule has 0 spiro atoms. The Hall–Kier alpha value is -4.32. The van der Waals surface area contributed by atoms with Gasteiger partial charge in [0.2, 0.25) is 11.8 Å². The van der Waals surface area contributed by atoms with E-state index in [2.05, 4.69) is 10.6 Å². The molecule has 0 bridgehead atoms. The van der Waals surface area contributed by atoms with E-state index in [1.54, 1.807) is 32.9 Å². The third-order valence-electron chi connectivity index (χ3n) is 8.87. The Bertz CT molecular complexity index is 1860. The molecule has 300 valence electrons. The molecule has 3 N–H and O–H groups in total. The number of halogens is 2. The molecule has 2 aromatic rings. The molecule has 2 aliphatic rings. The van der Waals surface area contributed by atoms with E-state index in [1.807, 2.05) is 0 Å². The summed E-state index contributed by atoms with van der Waals surface area (Å²) in [6.45, 7) is 6.58. The van der Waals surface area contributed by atoms with E-state index < -0.39 is 49.1 Å². The molecule has 18 heteroatoms. The van der Waals surface area contributed by atoms with Crippen LogP contribution in [-0.4, -0.2) is 111 Å². The minimum absolute atomic E-state index is 0.0206. The molecule has 0 saturated carbocycles. The van der Waals surface area contributed by atoms with Crippen LogP contribution in [0.4, 0.5) is 18.4 Å². The molecule has 4 rings (SSSR count). The number of phenols is 1. The largest absolute Gasteiger partial charge is 0.505 e. The van der Waals surface area contributed by atoms with Gasteiger partial charge in [0, 0.05) is 13.1 Å².